The van der Waals surface area contributed by atoms with Crippen LogP contribution in [0.4, 0.5) is 5.69 Å². The van der Waals surface area contributed by atoms with Gasteiger partial charge in [-0.3, -0.25) is 14.5 Å². The number of nitrogens with one attached hydrogen (secondary N) is 1. The summed E-state index contributed by atoms with van der Waals surface area (Å²) in [5, 5.41) is 16.2. The van der Waals surface area contributed by atoms with Gasteiger partial charge in [0.25, 0.3) is 0 Å². The number of carbonyl (C=O) groups excluding carboxylic acids is 1. The summed E-state index contributed by atoms with van der Waals surface area (Å²) >= 11 is 0. The Morgan fingerprint density at radius 3 is 2.67 bits per heavy atom. The molecule has 1 amide bonds. The number of hydrogen-bond donors (Lipinski definition) is 2. The van der Waals surface area contributed by atoms with E-state index in [-0.39, 0.29) is 11.8 Å². The summed E-state index contributed by atoms with van der Waals surface area (Å²) in [7, 11) is 1.74. The number of likely N-dealkylation sites (N-methyl/N-ethyl adjacent to an activating group) is 1. The monoisotopic (exact) mass is 328 g/mol. The van der Waals surface area contributed by atoms with Crippen molar-refractivity contribution < 1.29 is 14.7 Å². The number of carboxylic acid groups (broad SMARTS) is 1. The van der Waals surface area contributed by atoms with Gasteiger partial charge in [0.05, 0.1) is 29.7 Å². The predicted molar refractivity (Wildman–Crippen MR) is 89.0 cm³/mol. The molecule has 1 saturated heterocycles. The van der Waals surface area contributed by atoms with Crippen LogP contribution in [0.1, 0.15) is 12.8 Å². The van der Waals surface area contributed by atoms with Gasteiger partial charge in [0.1, 0.15) is 6.04 Å². The highest BCUT2D eigenvalue weighted by Gasteiger charge is 2.33. The Bertz CT molecular complexity index is 728. The van der Waals surface area contributed by atoms with Crippen LogP contribution < -0.4 is 5.32 Å². The number of nitrogens with zero attached hydrogens (tertiary/aromatic N) is 3. The normalized spacial score (nSPS) is 21.4. The molecule has 24 heavy (non-hydrogen) atoms. The van der Waals surface area contributed by atoms with Crippen molar-refractivity contribution in [3.8, 4) is 5.69 Å². The summed E-state index contributed by atoms with van der Waals surface area (Å²) in [5.74, 6) is -1.15. The molecule has 1 aliphatic heterocycles. The van der Waals surface area contributed by atoms with Crippen molar-refractivity contribution in [2.45, 2.75) is 18.9 Å². The molecule has 0 aliphatic carbocycles. The molecule has 1 aromatic heterocycles. The van der Waals surface area contributed by atoms with E-state index in [9.17, 15) is 9.59 Å². The molecule has 1 aliphatic rings. The average molecular weight is 328 g/mol. The lowest BCUT2D eigenvalue weighted by atomic mass is 9.92. The van der Waals surface area contributed by atoms with E-state index in [0.29, 0.717) is 25.1 Å². The van der Waals surface area contributed by atoms with E-state index >= 15 is 0 Å². The number of benzene rings is 1. The van der Waals surface area contributed by atoms with E-state index < -0.39 is 12.0 Å². The van der Waals surface area contributed by atoms with Gasteiger partial charge in [-0.05, 0) is 32.0 Å². The molecule has 1 aromatic carbocycles. The highest BCUT2D eigenvalue weighted by molar-refractivity contribution is 5.92. The number of anilines is 1. The number of amides is 1. The van der Waals surface area contributed by atoms with E-state index in [1.165, 1.54) is 0 Å². The molecule has 2 heterocycles. The summed E-state index contributed by atoms with van der Waals surface area (Å²) < 4.78 is 1.70. The lowest BCUT2D eigenvalue weighted by Crippen LogP contribution is -2.47. The summed E-state index contributed by atoms with van der Waals surface area (Å²) in [6.45, 7) is 0.440. The zero-order valence-electron chi connectivity index (χ0n) is 13.4. The maximum Gasteiger partial charge on any atom is 0.320 e. The Morgan fingerprint density at radius 2 is 2.00 bits per heavy atom. The fourth-order valence-corrected chi connectivity index (χ4v) is 3.03. The zero-order valence-corrected chi connectivity index (χ0v) is 13.4. The van der Waals surface area contributed by atoms with Gasteiger partial charge < -0.3 is 10.4 Å². The van der Waals surface area contributed by atoms with Crippen molar-refractivity contribution in [1.29, 1.82) is 0 Å². The van der Waals surface area contributed by atoms with Crippen molar-refractivity contribution in [3.63, 3.8) is 0 Å². The van der Waals surface area contributed by atoms with Crippen LogP contribution in [0.25, 0.3) is 5.69 Å². The van der Waals surface area contributed by atoms with Crippen LogP contribution in [0, 0.1) is 5.92 Å². The number of aromatic nitrogens is 2. The topological polar surface area (TPSA) is 87.5 Å². The lowest BCUT2D eigenvalue weighted by Gasteiger charge is -2.33. The Hall–Kier alpha value is -2.67. The molecule has 0 bridgehead atoms. The Balaban J connectivity index is 1.62. The second kappa shape index (κ2) is 6.84. The number of carboxylic acids is 1. The number of aliphatic carboxylic acids is 1. The fourth-order valence-electron chi connectivity index (χ4n) is 3.03. The molecule has 2 N–H and O–H groups in total. The van der Waals surface area contributed by atoms with Gasteiger partial charge in [0, 0.05) is 6.54 Å². The highest BCUT2D eigenvalue weighted by Crippen LogP contribution is 2.22. The standard InChI is InChI=1S/C17H20N4O3/c1-20-10-12(7-8-15(20)17(23)24)16(22)19-13-9-18-21(11-13)14-5-3-2-4-6-14/h2-6,9,11-12,15H,7-8,10H2,1H3,(H,19,22)(H,23,24). The first-order valence-corrected chi connectivity index (χ1v) is 7.88. The Morgan fingerprint density at radius 1 is 1.25 bits per heavy atom. The predicted octanol–water partition coefficient (Wildman–Crippen LogP) is 1.61. The van der Waals surface area contributed by atoms with E-state index in [0.717, 1.165) is 5.69 Å². The molecule has 2 atom stereocenters. The number of para-hydroxylation sites is 1. The maximum atomic E-state index is 12.4. The first-order chi connectivity index (χ1) is 11.5. The third kappa shape index (κ3) is 3.46. The maximum absolute atomic E-state index is 12.4. The minimum atomic E-state index is -0.833. The van der Waals surface area contributed by atoms with Gasteiger partial charge in [0.15, 0.2) is 0 Å². The van der Waals surface area contributed by atoms with E-state index in [4.69, 9.17) is 5.11 Å². The van der Waals surface area contributed by atoms with Gasteiger partial charge >= 0.3 is 5.97 Å². The van der Waals surface area contributed by atoms with Gasteiger partial charge in [0.2, 0.25) is 5.91 Å². The number of rotatable bonds is 4. The van der Waals surface area contributed by atoms with Gasteiger partial charge in [-0.1, -0.05) is 18.2 Å². The minimum absolute atomic E-state index is 0.0988. The van der Waals surface area contributed by atoms with Crippen LogP contribution in [0.5, 0.6) is 0 Å². The van der Waals surface area contributed by atoms with Crippen molar-refractivity contribution >= 4 is 17.6 Å². The zero-order chi connectivity index (χ0) is 17.1. The molecule has 1 fully saturated rings. The minimum Gasteiger partial charge on any atom is -0.480 e. The molecule has 3 rings (SSSR count). The van der Waals surface area contributed by atoms with Gasteiger partial charge in [-0.15, -0.1) is 0 Å². The fraction of sp³-hybridized carbons (Fsp3) is 0.353. The third-order valence-corrected chi connectivity index (χ3v) is 4.36. The second-order valence-corrected chi connectivity index (χ2v) is 6.07. The number of piperidine rings is 1. The molecule has 0 saturated carbocycles. The molecule has 7 heteroatoms. The second-order valence-electron chi connectivity index (χ2n) is 6.07. The molecule has 2 unspecified atom stereocenters. The van der Waals surface area contributed by atoms with Crippen LogP contribution in [0.2, 0.25) is 0 Å². The lowest BCUT2D eigenvalue weighted by molar-refractivity contribution is -0.145. The first-order valence-electron chi connectivity index (χ1n) is 7.88. The average Bonchev–Trinajstić information content (AvgIpc) is 3.03. The third-order valence-electron chi connectivity index (χ3n) is 4.36. The van der Waals surface area contributed by atoms with E-state index in [1.807, 2.05) is 30.3 Å². The number of hydrogen-bond acceptors (Lipinski definition) is 4. The summed E-state index contributed by atoms with van der Waals surface area (Å²) in [4.78, 5) is 25.3. The smallest absolute Gasteiger partial charge is 0.320 e. The molecule has 0 spiro atoms. The molecular weight excluding hydrogens is 308 g/mol. The molecular formula is C17H20N4O3. The van der Waals surface area contributed by atoms with Crippen LogP contribution in [-0.4, -0.2) is 51.3 Å². The van der Waals surface area contributed by atoms with Crippen molar-refractivity contribution in [2.24, 2.45) is 5.92 Å². The largest absolute Gasteiger partial charge is 0.480 e. The molecule has 126 valence electrons. The van der Waals surface area contributed by atoms with E-state index in [1.54, 1.807) is 29.0 Å². The summed E-state index contributed by atoms with van der Waals surface area (Å²) in [6.07, 6.45) is 4.42. The number of carbonyl (C=O) groups is 2. The van der Waals surface area contributed by atoms with Crippen molar-refractivity contribution in [2.75, 3.05) is 18.9 Å². The van der Waals surface area contributed by atoms with Crippen molar-refractivity contribution in [1.82, 2.24) is 14.7 Å². The summed E-state index contributed by atoms with van der Waals surface area (Å²) in [5.41, 5.74) is 1.55. The first kappa shape index (κ1) is 16.2. The van der Waals surface area contributed by atoms with Gasteiger partial charge in [-0.25, -0.2) is 4.68 Å². The Labute approximate surface area is 139 Å². The molecule has 2 aromatic rings. The van der Waals surface area contributed by atoms with Crippen LogP contribution in [0.3, 0.4) is 0 Å². The van der Waals surface area contributed by atoms with Gasteiger partial charge in [-0.2, -0.15) is 5.10 Å². The Kier molecular flexibility index (Phi) is 4.61. The molecule has 7 nitrogen and oxygen atoms in total. The highest BCUT2D eigenvalue weighted by atomic mass is 16.4. The molecule has 0 radical (unpaired) electrons. The van der Waals surface area contributed by atoms with Crippen LogP contribution >= 0.6 is 0 Å². The quantitative estimate of drug-likeness (QED) is 0.890. The number of likely N-dealkylation sites (tertiary alicyclic amines) is 1. The summed E-state index contributed by atoms with van der Waals surface area (Å²) in [6, 6.07) is 9.13. The SMILES string of the molecule is CN1CC(C(=O)Nc2cnn(-c3ccccc3)c2)CCC1C(=O)O. The van der Waals surface area contributed by atoms with Crippen molar-refractivity contribution in [3.05, 3.63) is 42.7 Å². The van der Waals surface area contributed by atoms with Crippen LogP contribution in [0.15, 0.2) is 42.7 Å². The van der Waals surface area contributed by atoms with E-state index in [2.05, 4.69) is 10.4 Å². The van der Waals surface area contributed by atoms with Crippen LogP contribution in [-0.2, 0) is 9.59 Å².